The molecule has 0 fully saturated rings. The van der Waals surface area contributed by atoms with Crippen LogP contribution < -0.4 is 0 Å². The number of rotatable bonds is 2. The topological polar surface area (TPSA) is 72.3 Å². The van der Waals surface area contributed by atoms with Crippen LogP contribution in [0.15, 0.2) is 18.6 Å². The fraction of sp³-hybridized carbons (Fsp3) is 0.250. The molecule has 0 saturated heterocycles. The average molecular weight is 188 g/mol. The van der Waals surface area contributed by atoms with Gasteiger partial charge in [0.2, 0.25) is 0 Å². The van der Waals surface area contributed by atoms with Gasteiger partial charge in [-0.05, 0) is 0 Å². The summed E-state index contributed by atoms with van der Waals surface area (Å²) in [7, 11) is 1.81. The van der Waals surface area contributed by atoms with Gasteiger partial charge in [0.1, 0.15) is 11.8 Å². The summed E-state index contributed by atoms with van der Waals surface area (Å²) in [5.41, 5.74) is 1.37. The molecule has 0 bridgehead atoms. The number of hydrogen-bond acceptors (Lipinski definition) is 4. The molecule has 0 aromatic carbocycles. The van der Waals surface area contributed by atoms with E-state index in [1.165, 1.54) is 6.20 Å². The molecule has 0 unspecified atom stereocenters. The van der Waals surface area contributed by atoms with Gasteiger partial charge in [0.15, 0.2) is 0 Å². The second-order valence-electron chi connectivity index (χ2n) is 2.92. The maximum atomic E-state index is 8.59. The van der Waals surface area contributed by atoms with Crippen LogP contribution in [0.5, 0.6) is 0 Å². The first kappa shape index (κ1) is 8.44. The van der Waals surface area contributed by atoms with Gasteiger partial charge in [0.25, 0.3) is 0 Å². The lowest BCUT2D eigenvalue weighted by Crippen LogP contribution is -1.99. The molecular weight excluding hydrogens is 180 g/mol. The molecule has 0 radical (unpaired) electrons. The van der Waals surface area contributed by atoms with Crippen LogP contribution in [0.2, 0.25) is 0 Å². The van der Waals surface area contributed by atoms with E-state index >= 15 is 0 Å². The molecule has 0 saturated carbocycles. The van der Waals surface area contributed by atoms with Crippen LogP contribution in [0.4, 0.5) is 0 Å². The molecule has 6 heteroatoms. The Hall–Kier alpha value is -2.16. The summed E-state index contributed by atoms with van der Waals surface area (Å²) in [6, 6.07) is 2.01. The van der Waals surface area contributed by atoms with Crippen LogP contribution in [-0.2, 0) is 13.6 Å². The standard InChI is InChI=1S/C8H8N6/c1-13-5-8(11-12-13)6-14-4-7(2-9)3-10-14/h3-5H,6H2,1H3. The molecular formula is C8H8N6. The predicted octanol–water partition coefficient (Wildman–Crippen LogP) is -0.0684. The van der Waals surface area contributed by atoms with Gasteiger partial charge in [-0.25, -0.2) is 0 Å². The van der Waals surface area contributed by atoms with E-state index in [1.807, 2.05) is 12.3 Å². The second-order valence-corrected chi connectivity index (χ2v) is 2.92. The highest BCUT2D eigenvalue weighted by Crippen LogP contribution is 1.99. The van der Waals surface area contributed by atoms with Gasteiger partial charge >= 0.3 is 0 Å². The molecule has 0 amide bonds. The van der Waals surface area contributed by atoms with Crippen LogP contribution in [0.25, 0.3) is 0 Å². The summed E-state index contributed by atoms with van der Waals surface area (Å²) in [6.45, 7) is 0.537. The van der Waals surface area contributed by atoms with Crippen molar-refractivity contribution >= 4 is 0 Å². The molecule has 2 aromatic rings. The van der Waals surface area contributed by atoms with Gasteiger partial charge < -0.3 is 0 Å². The Morgan fingerprint density at radius 2 is 2.36 bits per heavy atom. The minimum absolute atomic E-state index is 0.537. The molecule has 0 atom stereocenters. The van der Waals surface area contributed by atoms with Crippen molar-refractivity contribution in [1.29, 1.82) is 5.26 Å². The molecule has 0 N–H and O–H groups in total. The molecule has 14 heavy (non-hydrogen) atoms. The van der Waals surface area contributed by atoms with Crippen molar-refractivity contribution in [1.82, 2.24) is 24.8 Å². The fourth-order valence-electron chi connectivity index (χ4n) is 1.14. The minimum atomic E-state index is 0.537. The number of aromatic nitrogens is 5. The normalized spacial score (nSPS) is 10.0. The van der Waals surface area contributed by atoms with Gasteiger partial charge in [-0.2, -0.15) is 10.4 Å². The largest absolute Gasteiger partial charge is 0.265 e. The Morgan fingerprint density at radius 1 is 1.50 bits per heavy atom. The molecule has 0 aliphatic rings. The molecule has 2 aromatic heterocycles. The van der Waals surface area contributed by atoms with Crippen LogP contribution in [0.3, 0.4) is 0 Å². The first-order valence-corrected chi connectivity index (χ1v) is 4.05. The van der Waals surface area contributed by atoms with Crippen LogP contribution in [-0.4, -0.2) is 24.8 Å². The molecule has 0 spiro atoms. The highest BCUT2D eigenvalue weighted by atomic mass is 15.4. The summed E-state index contributed by atoms with van der Waals surface area (Å²) in [4.78, 5) is 0. The number of nitriles is 1. The van der Waals surface area contributed by atoms with Crippen molar-refractivity contribution in [3.63, 3.8) is 0 Å². The van der Waals surface area contributed by atoms with E-state index in [0.29, 0.717) is 12.1 Å². The lowest BCUT2D eigenvalue weighted by atomic mass is 10.4. The Bertz CT molecular complexity index is 474. The first-order chi connectivity index (χ1) is 6.78. The molecule has 2 rings (SSSR count). The van der Waals surface area contributed by atoms with Crippen molar-refractivity contribution in [2.75, 3.05) is 0 Å². The van der Waals surface area contributed by atoms with Crippen molar-refractivity contribution in [2.45, 2.75) is 6.54 Å². The molecule has 2 heterocycles. The molecule has 70 valence electrons. The maximum absolute atomic E-state index is 8.59. The zero-order chi connectivity index (χ0) is 9.97. The summed E-state index contributed by atoms with van der Waals surface area (Å²) in [5, 5.41) is 20.3. The van der Waals surface area contributed by atoms with Crippen molar-refractivity contribution in [2.24, 2.45) is 7.05 Å². The third-order valence-electron chi connectivity index (χ3n) is 1.74. The lowest BCUT2D eigenvalue weighted by molar-refractivity contribution is 0.667. The smallest absolute Gasteiger partial charge is 0.104 e. The van der Waals surface area contributed by atoms with Gasteiger partial charge in [0.05, 0.1) is 18.3 Å². The summed E-state index contributed by atoms with van der Waals surface area (Å²) < 4.78 is 3.28. The number of nitrogens with zero attached hydrogens (tertiary/aromatic N) is 6. The van der Waals surface area contributed by atoms with Crippen molar-refractivity contribution in [3.8, 4) is 6.07 Å². The van der Waals surface area contributed by atoms with Crippen molar-refractivity contribution in [3.05, 3.63) is 29.8 Å². The highest BCUT2D eigenvalue weighted by Gasteiger charge is 2.01. The quantitative estimate of drug-likeness (QED) is 0.661. The van der Waals surface area contributed by atoms with Crippen LogP contribution in [0.1, 0.15) is 11.3 Å². The molecule has 0 aliphatic carbocycles. The summed E-state index contributed by atoms with van der Waals surface area (Å²) in [6.07, 6.45) is 5.01. The molecule has 6 nitrogen and oxygen atoms in total. The van der Waals surface area contributed by atoms with Crippen LogP contribution in [0, 0.1) is 11.3 Å². The third-order valence-corrected chi connectivity index (χ3v) is 1.74. The second kappa shape index (κ2) is 3.30. The van der Waals surface area contributed by atoms with E-state index < -0.39 is 0 Å². The monoisotopic (exact) mass is 188 g/mol. The predicted molar refractivity (Wildman–Crippen MR) is 47.0 cm³/mol. The van der Waals surface area contributed by atoms with Gasteiger partial charge in [-0.15, -0.1) is 5.10 Å². The first-order valence-electron chi connectivity index (χ1n) is 4.05. The maximum Gasteiger partial charge on any atom is 0.104 e. The summed E-state index contributed by atoms with van der Waals surface area (Å²) in [5.74, 6) is 0. The Morgan fingerprint density at radius 3 is 2.93 bits per heavy atom. The van der Waals surface area contributed by atoms with Gasteiger partial charge in [0, 0.05) is 19.4 Å². The van der Waals surface area contributed by atoms with Gasteiger partial charge in [-0.1, -0.05) is 5.21 Å². The minimum Gasteiger partial charge on any atom is -0.265 e. The van der Waals surface area contributed by atoms with E-state index in [0.717, 1.165) is 5.69 Å². The molecule has 0 aliphatic heterocycles. The fourth-order valence-corrected chi connectivity index (χ4v) is 1.14. The third kappa shape index (κ3) is 1.61. The van der Waals surface area contributed by atoms with E-state index in [4.69, 9.17) is 5.26 Å². The Kier molecular flexibility index (Phi) is 1.99. The Labute approximate surface area is 80.4 Å². The van der Waals surface area contributed by atoms with E-state index in [2.05, 4.69) is 15.4 Å². The SMILES string of the molecule is Cn1cc(Cn2cc(C#N)cn2)nn1. The zero-order valence-corrected chi connectivity index (χ0v) is 7.62. The highest BCUT2D eigenvalue weighted by molar-refractivity contribution is 5.21. The van der Waals surface area contributed by atoms with E-state index in [9.17, 15) is 0 Å². The average Bonchev–Trinajstić information content (AvgIpc) is 2.76. The zero-order valence-electron chi connectivity index (χ0n) is 7.62. The Balaban J connectivity index is 2.15. The number of hydrogen-bond donors (Lipinski definition) is 0. The van der Waals surface area contributed by atoms with E-state index in [1.54, 1.807) is 22.6 Å². The van der Waals surface area contributed by atoms with E-state index in [-0.39, 0.29) is 0 Å². The van der Waals surface area contributed by atoms with Crippen LogP contribution >= 0.6 is 0 Å². The van der Waals surface area contributed by atoms with Gasteiger partial charge in [-0.3, -0.25) is 9.36 Å². The number of aryl methyl sites for hydroxylation is 1. The lowest BCUT2D eigenvalue weighted by Gasteiger charge is -1.94. The summed E-state index contributed by atoms with van der Waals surface area (Å²) >= 11 is 0. The van der Waals surface area contributed by atoms with Crippen molar-refractivity contribution < 1.29 is 0 Å².